The number of hydrogen-bond donors (Lipinski definition) is 1. The molecule has 1 aromatic carbocycles. The van der Waals surface area contributed by atoms with Crippen molar-refractivity contribution in [2.45, 2.75) is 45.3 Å². The predicted molar refractivity (Wildman–Crippen MR) is 89.2 cm³/mol. The Bertz CT molecular complexity index is 660. The third-order valence-corrected chi connectivity index (χ3v) is 4.14. The Morgan fingerprint density at radius 1 is 1.39 bits per heavy atom. The summed E-state index contributed by atoms with van der Waals surface area (Å²) in [5, 5.41) is 2.81. The van der Waals surface area contributed by atoms with E-state index in [1.807, 2.05) is 29.0 Å². The molecule has 1 N–H and O–H groups in total. The van der Waals surface area contributed by atoms with Crippen LogP contribution in [0.2, 0.25) is 0 Å². The average Bonchev–Trinajstić information content (AvgIpc) is 3.19. The molecule has 5 nitrogen and oxygen atoms in total. The quantitative estimate of drug-likeness (QED) is 0.892. The fourth-order valence-electron chi connectivity index (χ4n) is 3.01. The summed E-state index contributed by atoms with van der Waals surface area (Å²) in [5.74, 6) is 1.79. The Balaban J connectivity index is 1.71. The number of ether oxygens (including phenoxy) is 1. The number of carbonyl (C=O) groups is 1. The molecule has 2 aromatic rings. The Labute approximate surface area is 136 Å². The highest BCUT2D eigenvalue weighted by Gasteiger charge is 2.17. The molecule has 0 spiro atoms. The number of amides is 1. The largest absolute Gasteiger partial charge is 0.490 e. The van der Waals surface area contributed by atoms with Crippen molar-refractivity contribution in [1.82, 2.24) is 14.9 Å². The van der Waals surface area contributed by atoms with Crippen LogP contribution in [0.5, 0.6) is 5.75 Å². The second-order valence-electron chi connectivity index (χ2n) is 5.98. The van der Waals surface area contributed by atoms with Crippen molar-refractivity contribution in [3.63, 3.8) is 0 Å². The van der Waals surface area contributed by atoms with Crippen LogP contribution in [0, 0.1) is 0 Å². The number of nitrogens with one attached hydrogen (secondary N) is 1. The van der Waals surface area contributed by atoms with Crippen molar-refractivity contribution in [3.8, 4) is 17.1 Å². The summed E-state index contributed by atoms with van der Waals surface area (Å²) in [7, 11) is 0. The van der Waals surface area contributed by atoms with Gasteiger partial charge in [-0.2, -0.15) is 0 Å². The van der Waals surface area contributed by atoms with E-state index in [1.165, 1.54) is 19.8 Å². The SMILES string of the molecule is CC(=O)NCCn1ccnc1-c1cccc(OC2CCCC2)c1. The first-order valence-electron chi connectivity index (χ1n) is 8.25. The van der Waals surface area contributed by atoms with E-state index in [4.69, 9.17) is 4.74 Å². The van der Waals surface area contributed by atoms with E-state index in [-0.39, 0.29) is 5.91 Å². The van der Waals surface area contributed by atoms with Gasteiger partial charge in [-0.15, -0.1) is 0 Å². The van der Waals surface area contributed by atoms with Crippen LogP contribution >= 0.6 is 0 Å². The smallest absolute Gasteiger partial charge is 0.216 e. The zero-order chi connectivity index (χ0) is 16.1. The lowest BCUT2D eigenvalue weighted by molar-refractivity contribution is -0.118. The summed E-state index contributed by atoms with van der Waals surface area (Å²) in [6, 6.07) is 8.10. The van der Waals surface area contributed by atoms with E-state index < -0.39 is 0 Å². The molecule has 1 aliphatic rings. The molecule has 0 radical (unpaired) electrons. The van der Waals surface area contributed by atoms with Gasteiger partial charge in [-0.25, -0.2) is 4.98 Å². The fraction of sp³-hybridized carbons (Fsp3) is 0.444. The van der Waals surface area contributed by atoms with Gasteiger partial charge in [0, 0.05) is 38.0 Å². The lowest BCUT2D eigenvalue weighted by Gasteiger charge is -2.14. The Morgan fingerprint density at radius 3 is 3.00 bits per heavy atom. The molecule has 122 valence electrons. The van der Waals surface area contributed by atoms with Crippen molar-refractivity contribution in [2.75, 3.05) is 6.54 Å². The van der Waals surface area contributed by atoms with E-state index in [0.29, 0.717) is 19.2 Å². The van der Waals surface area contributed by atoms with Crippen LogP contribution in [0.3, 0.4) is 0 Å². The summed E-state index contributed by atoms with van der Waals surface area (Å²) in [6.45, 7) is 2.82. The Kier molecular flexibility index (Phi) is 4.95. The van der Waals surface area contributed by atoms with Gasteiger partial charge in [0.15, 0.2) is 0 Å². The Morgan fingerprint density at radius 2 is 2.22 bits per heavy atom. The van der Waals surface area contributed by atoms with Gasteiger partial charge < -0.3 is 14.6 Å². The zero-order valence-corrected chi connectivity index (χ0v) is 13.5. The van der Waals surface area contributed by atoms with Crippen molar-refractivity contribution < 1.29 is 9.53 Å². The Hall–Kier alpha value is -2.30. The van der Waals surface area contributed by atoms with Crippen molar-refractivity contribution in [2.24, 2.45) is 0 Å². The first kappa shape index (κ1) is 15.6. The fourth-order valence-corrected chi connectivity index (χ4v) is 3.01. The van der Waals surface area contributed by atoms with Gasteiger partial charge in [0.1, 0.15) is 11.6 Å². The minimum absolute atomic E-state index is 0.0152. The number of rotatable bonds is 6. The lowest BCUT2D eigenvalue weighted by Crippen LogP contribution is -2.24. The second kappa shape index (κ2) is 7.31. The summed E-state index contributed by atoms with van der Waals surface area (Å²) < 4.78 is 8.12. The first-order chi connectivity index (χ1) is 11.2. The molecule has 3 rings (SSSR count). The molecule has 0 unspecified atom stereocenters. The van der Waals surface area contributed by atoms with Gasteiger partial charge in [0.2, 0.25) is 5.91 Å². The van der Waals surface area contributed by atoms with Gasteiger partial charge in [-0.3, -0.25) is 4.79 Å². The monoisotopic (exact) mass is 313 g/mol. The second-order valence-corrected chi connectivity index (χ2v) is 5.98. The number of imidazole rings is 1. The molecule has 0 aliphatic heterocycles. The third-order valence-electron chi connectivity index (χ3n) is 4.14. The van der Waals surface area contributed by atoms with Crippen LogP contribution in [0.1, 0.15) is 32.6 Å². The number of hydrogen-bond acceptors (Lipinski definition) is 3. The van der Waals surface area contributed by atoms with Gasteiger partial charge in [-0.05, 0) is 37.8 Å². The molecule has 0 bridgehead atoms. The van der Waals surface area contributed by atoms with E-state index in [0.717, 1.165) is 30.0 Å². The minimum atomic E-state index is -0.0152. The number of carbonyl (C=O) groups excluding carboxylic acids is 1. The van der Waals surface area contributed by atoms with Crippen LogP contribution in [-0.2, 0) is 11.3 Å². The summed E-state index contributed by atoms with van der Waals surface area (Å²) in [4.78, 5) is 15.4. The zero-order valence-electron chi connectivity index (χ0n) is 13.5. The molecular weight excluding hydrogens is 290 g/mol. The van der Waals surface area contributed by atoms with Crippen LogP contribution in [0.25, 0.3) is 11.4 Å². The predicted octanol–water partition coefficient (Wildman–Crippen LogP) is 3.01. The molecular formula is C18H23N3O2. The molecule has 1 aromatic heterocycles. The highest BCUT2D eigenvalue weighted by Crippen LogP contribution is 2.27. The molecule has 1 amide bonds. The van der Waals surface area contributed by atoms with E-state index in [1.54, 1.807) is 6.20 Å². The molecule has 1 aliphatic carbocycles. The van der Waals surface area contributed by atoms with Crippen LogP contribution in [-0.4, -0.2) is 28.1 Å². The van der Waals surface area contributed by atoms with Crippen molar-refractivity contribution >= 4 is 5.91 Å². The average molecular weight is 313 g/mol. The third kappa shape index (κ3) is 4.12. The molecule has 0 atom stereocenters. The van der Waals surface area contributed by atoms with E-state index >= 15 is 0 Å². The van der Waals surface area contributed by atoms with E-state index in [2.05, 4.69) is 16.4 Å². The van der Waals surface area contributed by atoms with Gasteiger partial charge in [-0.1, -0.05) is 12.1 Å². The molecule has 1 saturated carbocycles. The van der Waals surface area contributed by atoms with Crippen LogP contribution in [0.15, 0.2) is 36.7 Å². The molecule has 0 saturated heterocycles. The van der Waals surface area contributed by atoms with Crippen LogP contribution < -0.4 is 10.1 Å². The van der Waals surface area contributed by atoms with Gasteiger partial charge >= 0.3 is 0 Å². The molecule has 23 heavy (non-hydrogen) atoms. The molecule has 5 heteroatoms. The van der Waals surface area contributed by atoms with Crippen molar-refractivity contribution in [3.05, 3.63) is 36.7 Å². The topological polar surface area (TPSA) is 56.2 Å². The van der Waals surface area contributed by atoms with Crippen LogP contribution in [0.4, 0.5) is 0 Å². The maximum absolute atomic E-state index is 11.0. The lowest BCUT2D eigenvalue weighted by atomic mass is 10.2. The summed E-state index contributed by atoms with van der Waals surface area (Å²) in [5.41, 5.74) is 1.04. The summed E-state index contributed by atoms with van der Waals surface area (Å²) >= 11 is 0. The van der Waals surface area contributed by atoms with E-state index in [9.17, 15) is 4.79 Å². The summed E-state index contributed by atoms with van der Waals surface area (Å²) in [6.07, 6.45) is 8.89. The number of aromatic nitrogens is 2. The normalized spacial score (nSPS) is 14.8. The van der Waals surface area contributed by atoms with Gasteiger partial charge in [0.25, 0.3) is 0 Å². The van der Waals surface area contributed by atoms with Crippen molar-refractivity contribution in [1.29, 1.82) is 0 Å². The van der Waals surface area contributed by atoms with Gasteiger partial charge in [0.05, 0.1) is 6.10 Å². The first-order valence-corrected chi connectivity index (χ1v) is 8.25. The molecule has 1 fully saturated rings. The highest BCUT2D eigenvalue weighted by molar-refractivity contribution is 5.72. The maximum Gasteiger partial charge on any atom is 0.216 e. The maximum atomic E-state index is 11.0. The highest BCUT2D eigenvalue weighted by atomic mass is 16.5. The standard InChI is InChI=1S/C18H23N3O2/c1-14(22)19-9-11-21-12-10-20-18(21)15-5-4-8-17(13-15)23-16-6-2-3-7-16/h4-5,8,10,12-13,16H,2-3,6-7,9,11H2,1H3,(H,19,22). The number of benzene rings is 1. The molecule has 1 heterocycles. The minimum Gasteiger partial charge on any atom is -0.490 e. The number of nitrogens with zero attached hydrogens (tertiary/aromatic N) is 2.